The predicted molar refractivity (Wildman–Crippen MR) is 117 cm³/mol. The van der Waals surface area contributed by atoms with Crippen molar-refractivity contribution < 1.29 is 9.53 Å². The Morgan fingerprint density at radius 1 is 1.23 bits per heavy atom. The van der Waals surface area contributed by atoms with Gasteiger partial charge in [0.05, 0.1) is 24.7 Å². The summed E-state index contributed by atoms with van der Waals surface area (Å²) in [5.74, 6) is 0.903. The van der Waals surface area contributed by atoms with Crippen molar-refractivity contribution in [3.8, 4) is 22.9 Å². The smallest absolute Gasteiger partial charge is 0.241 e. The lowest BCUT2D eigenvalue weighted by atomic mass is 10.00. The van der Waals surface area contributed by atoms with Crippen LogP contribution in [0.5, 0.6) is 5.75 Å². The third-order valence-corrected chi connectivity index (χ3v) is 6.01. The number of carbonyl (C=O) groups is 1. The summed E-state index contributed by atoms with van der Waals surface area (Å²) in [7, 11) is 1.96. The number of amides is 1. The highest BCUT2D eigenvalue weighted by Gasteiger charge is 2.38. The molecular formula is C24H23N5O2. The molecule has 31 heavy (non-hydrogen) atoms. The predicted octanol–water partition coefficient (Wildman–Crippen LogP) is 2.22. The van der Waals surface area contributed by atoms with Crippen LogP contribution >= 0.6 is 0 Å². The van der Waals surface area contributed by atoms with Gasteiger partial charge in [-0.3, -0.25) is 14.7 Å². The number of aromatic nitrogens is 1. The summed E-state index contributed by atoms with van der Waals surface area (Å²) in [6.07, 6.45) is 3.52. The Balaban J connectivity index is 1.37. The maximum Gasteiger partial charge on any atom is 0.241 e. The number of nitrogens with zero attached hydrogens (tertiary/aromatic N) is 4. The number of likely N-dealkylation sites (tertiary alicyclic amines) is 1. The Kier molecular flexibility index (Phi) is 5.02. The standard InChI is InChI=1S/C24H23N5O2/c1-28-15-27-12-22(28)24(30)29-13-20(14-29)31-23-9-19(8-18-5-6-26-11-21(18)23)17-4-2-3-16(7-17)10-25/h2-9,11,20,22,27H,12-15H2,1H3. The second kappa shape index (κ2) is 7.99. The van der Waals surface area contributed by atoms with E-state index in [1.54, 1.807) is 18.5 Å². The van der Waals surface area contributed by atoms with Crippen molar-refractivity contribution in [2.75, 3.05) is 33.4 Å². The van der Waals surface area contributed by atoms with Crippen LogP contribution in [0.3, 0.4) is 0 Å². The largest absolute Gasteiger partial charge is 0.486 e. The number of hydrogen-bond donors (Lipinski definition) is 1. The van der Waals surface area contributed by atoms with Gasteiger partial charge < -0.3 is 15.0 Å². The number of likely N-dealkylation sites (N-methyl/N-ethyl adjacent to an activating group) is 1. The van der Waals surface area contributed by atoms with E-state index in [0.29, 0.717) is 25.2 Å². The van der Waals surface area contributed by atoms with Gasteiger partial charge in [0, 0.05) is 31.0 Å². The zero-order valence-corrected chi connectivity index (χ0v) is 17.3. The Bertz CT molecular complexity index is 1180. The number of nitrogens with one attached hydrogen (secondary N) is 1. The Morgan fingerprint density at radius 3 is 2.87 bits per heavy atom. The van der Waals surface area contributed by atoms with Gasteiger partial charge in [0.25, 0.3) is 0 Å². The number of carbonyl (C=O) groups excluding carboxylic acids is 1. The molecule has 0 saturated carbocycles. The van der Waals surface area contributed by atoms with E-state index in [0.717, 1.165) is 34.3 Å². The first kappa shape index (κ1) is 19.5. The van der Waals surface area contributed by atoms with Crippen LogP contribution in [-0.2, 0) is 4.79 Å². The fourth-order valence-corrected chi connectivity index (χ4v) is 4.20. The number of nitriles is 1. The molecule has 3 aromatic rings. The minimum atomic E-state index is -0.0956. The lowest BCUT2D eigenvalue weighted by molar-refractivity contribution is -0.144. The number of ether oxygens (including phenoxy) is 1. The minimum absolute atomic E-state index is 0.0484. The van der Waals surface area contributed by atoms with Gasteiger partial charge in [0.15, 0.2) is 0 Å². The molecule has 0 radical (unpaired) electrons. The van der Waals surface area contributed by atoms with E-state index < -0.39 is 0 Å². The zero-order valence-electron chi connectivity index (χ0n) is 17.3. The molecule has 5 rings (SSSR count). The van der Waals surface area contributed by atoms with Gasteiger partial charge in [-0.05, 0) is 53.9 Å². The minimum Gasteiger partial charge on any atom is -0.486 e. The van der Waals surface area contributed by atoms with Crippen LogP contribution in [-0.4, -0.2) is 66.2 Å². The molecule has 7 heteroatoms. The molecule has 2 aliphatic heterocycles. The SMILES string of the molecule is CN1CNCC1C(=O)N1CC(Oc2cc(-c3cccc(C#N)c3)cc3ccncc23)C1. The van der Waals surface area contributed by atoms with E-state index in [1.807, 2.05) is 47.2 Å². The molecule has 1 N–H and O–H groups in total. The maximum atomic E-state index is 12.7. The number of benzene rings is 2. The van der Waals surface area contributed by atoms with E-state index in [-0.39, 0.29) is 18.1 Å². The molecule has 1 aromatic heterocycles. The van der Waals surface area contributed by atoms with Crippen molar-refractivity contribution in [1.29, 1.82) is 5.26 Å². The summed E-state index contributed by atoms with van der Waals surface area (Å²) in [6, 6.07) is 15.7. The van der Waals surface area contributed by atoms with E-state index in [2.05, 4.69) is 22.4 Å². The van der Waals surface area contributed by atoms with E-state index in [1.165, 1.54) is 0 Å². The van der Waals surface area contributed by atoms with Gasteiger partial charge in [-0.2, -0.15) is 5.26 Å². The number of rotatable bonds is 4. The molecule has 2 aliphatic rings. The van der Waals surface area contributed by atoms with Crippen molar-refractivity contribution in [3.63, 3.8) is 0 Å². The van der Waals surface area contributed by atoms with Crippen molar-refractivity contribution in [1.82, 2.24) is 20.1 Å². The molecule has 0 bridgehead atoms. The Labute approximate surface area is 180 Å². The van der Waals surface area contributed by atoms with Gasteiger partial charge >= 0.3 is 0 Å². The molecule has 1 atom stereocenters. The lowest BCUT2D eigenvalue weighted by Crippen LogP contribution is -2.60. The summed E-state index contributed by atoms with van der Waals surface area (Å²) in [4.78, 5) is 20.9. The lowest BCUT2D eigenvalue weighted by Gasteiger charge is -2.41. The normalized spacial score (nSPS) is 19.2. The molecule has 0 spiro atoms. The average molecular weight is 413 g/mol. The molecule has 156 valence electrons. The third kappa shape index (κ3) is 3.72. The molecule has 0 aliphatic carbocycles. The van der Waals surface area contributed by atoms with Crippen LogP contribution in [0.2, 0.25) is 0 Å². The van der Waals surface area contributed by atoms with Crippen molar-refractivity contribution in [2.45, 2.75) is 12.1 Å². The molecule has 2 aromatic carbocycles. The molecule has 1 unspecified atom stereocenters. The first-order chi connectivity index (χ1) is 15.1. The van der Waals surface area contributed by atoms with Gasteiger partial charge in [-0.1, -0.05) is 12.1 Å². The van der Waals surface area contributed by atoms with Crippen molar-refractivity contribution >= 4 is 16.7 Å². The fraction of sp³-hybridized carbons (Fsp3) is 0.292. The Hall–Kier alpha value is -3.47. The highest BCUT2D eigenvalue weighted by molar-refractivity contribution is 5.92. The molecule has 2 saturated heterocycles. The molecule has 3 heterocycles. The van der Waals surface area contributed by atoms with Crippen LogP contribution in [0.25, 0.3) is 21.9 Å². The van der Waals surface area contributed by atoms with Gasteiger partial charge in [0.1, 0.15) is 17.9 Å². The van der Waals surface area contributed by atoms with Crippen LogP contribution < -0.4 is 10.1 Å². The highest BCUT2D eigenvalue weighted by atomic mass is 16.5. The zero-order chi connectivity index (χ0) is 21.4. The van der Waals surface area contributed by atoms with Crippen LogP contribution in [0.15, 0.2) is 54.9 Å². The molecule has 1 amide bonds. The monoisotopic (exact) mass is 413 g/mol. The molecule has 2 fully saturated rings. The van der Waals surface area contributed by atoms with Gasteiger partial charge in [-0.25, -0.2) is 0 Å². The second-order valence-electron chi connectivity index (χ2n) is 8.13. The molecular weight excluding hydrogens is 390 g/mol. The fourth-order valence-electron chi connectivity index (χ4n) is 4.20. The number of hydrogen-bond acceptors (Lipinski definition) is 6. The van der Waals surface area contributed by atoms with Crippen LogP contribution in [0.1, 0.15) is 5.56 Å². The summed E-state index contributed by atoms with van der Waals surface area (Å²) in [5, 5.41) is 14.4. The topological polar surface area (TPSA) is 81.5 Å². The number of pyridine rings is 1. The number of fused-ring (bicyclic) bond motifs is 1. The summed E-state index contributed by atoms with van der Waals surface area (Å²) >= 11 is 0. The quantitative estimate of drug-likeness (QED) is 0.706. The first-order valence-electron chi connectivity index (χ1n) is 10.4. The van der Waals surface area contributed by atoms with Gasteiger partial charge in [-0.15, -0.1) is 0 Å². The maximum absolute atomic E-state index is 12.7. The van der Waals surface area contributed by atoms with Gasteiger partial charge in [0.2, 0.25) is 5.91 Å². The Morgan fingerprint density at radius 2 is 2.10 bits per heavy atom. The molecule has 7 nitrogen and oxygen atoms in total. The van der Waals surface area contributed by atoms with E-state index in [9.17, 15) is 10.1 Å². The van der Waals surface area contributed by atoms with Crippen LogP contribution in [0, 0.1) is 11.3 Å². The van der Waals surface area contributed by atoms with Crippen LogP contribution in [0.4, 0.5) is 0 Å². The summed E-state index contributed by atoms with van der Waals surface area (Å²) < 4.78 is 6.32. The average Bonchev–Trinajstić information content (AvgIpc) is 3.21. The van der Waals surface area contributed by atoms with Crippen molar-refractivity contribution in [3.05, 3.63) is 60.4 Å². The van der Waals surface area contributed by atoms with Crippen molar-refractivity contribution in [2.24, 2.45) is 0 Å². The first-order valence-corrected chi connectivity index (χ1v) is 10.4. The van der Waals surface area contributed by atoms with E-state index in [4.69, 9.17) is 4.74 Å². The van der Waals surface area contributed by atoms with E-state index >= 15 is 0 Å². The summed E-state index contributed by atoms with van der Waals surface area (Å²) in [6.45, 7) is 2.60. The summed E-state index contributed by atoms with van der Waals surface area (Å²) in [5.41, 5.74) is 2.57. The third-order valence-electron chi connectivity index (χ3n) is 6.01. The second-order valence-corrected chi connectivity index (χ2v) is 8.13. The highest BCUT2D eigenvalue weighted by Crippen LogP contribution is 2.34.